The zero-order chi connectivity index (χ0) is 18.9. The van der Waals surface area contributed by atoms with E-state index in [-0.39, 0.29) is 23.5 Å². The predicted octanol–water partition coefficient (Wildman–Crippen LogP) is 1.93. The lowest BCUT2D eigenvalue weighted by Crippen LogP contribution is -2.18. The van der Waals surface area contributed by atoms with Crippen LogP contribution < -0.4 is 5.43 Å². The number of aryl methyl sites for hydroxylation is 2. The van der Waals surface area contributed by atoms with Gasteiger partial charge < -0.3 is 0 Å². The molecule has 2 aromatic rings. The fourth-order valence-electron chi connectivity index (χ4n) is 3.23. The van der Waals surface area contributed by atoms with Gasteiger partial charge in [-0.25, -0.2) is 13.8 Å². The summed E-state index contributed by atoms with van der Waals surface area (Å²) in [7, 11) is -2.98. The maximum Gasteiger partial charge on any atom is 0.271 e. The molecule has 1 fully saturated rings. The van der Waals surface area contributed by atoms with Crippen LogP contribution in [0.5, 0.6) is 0 Å². The molecule has 26 heavy (non-hydrogen) atoms. The second-order valence-electron chi connectivity index (χ2n) is 6.60. The van der Waals surface area contributed by atoms with Crippen LogP contribution in [0.15, 0.2) is 29.4 Å². The third-order valence-electron chi connectivity index (χ3n) is 4.68. The maximum absolute atomic E-state index is 12.2. The lowest BCUT2D eigenvalue weighted by Gasteiger charge is -2.10. The number of rotatable bonds is 4. The topological polar surface area (TPSA) is 93.4 Å². The number of hydrazone groups is 1. The molecule has 0 bridgehead atoms. The number of carbonyl (C=O) groups excluding carboxylic acids is 1. The first kappa shape index (κ1) is 18.3. The highest BCUT2D eigenvalue weighted by atomic mass is 32.2. The van der Waals surface area contributed by atoms with Gasteiger partial charge in [0.2, 0.25) is 0 Å². The molecular formula is C18H22N4O3S. The number of aromatic nitrogens is 2. The molecule has 1 aromatic carbocycles. The molecule has 1 saturated heterocycles. The number of nitrogens with one attached hydrogen (secondary N) is 1. The third-order valence-corrected chi connectivity index (χ3v) is 6.44. The van der Waals surface area contributed by atoms with E-state index in [0.29, 0.717) is 12.0 Å². The Morgan fingerprint density at radius 1 is 1.31 bits per heavy atom. The van der Waals surface area contributed by atoms with E-state index in [1.54, 1.807) is 23.0 Å². The second kappa shape index (κ2) is 7.03. The van der Waals surface area contributed by atoms with Crippen LogP contribution in [0.1, 0.15) is 45.3 Å². The Labute approximate surface area is 153 Å². The lowest BCUT2D eigenvalue weighted by molar-refractivity contribution is 0.0954. The summed E-state index contributed by atoms with van der Waals surface area (Å²) in [5.41, 5.74) is 6.37. The molecule has 8 heteroatoms. The van der Waals surface area contributed by atoms with Gasteiger partial charge in [-0.15, -0.1) is 0 Å². The summed E-state index contributed by atoms with van der Waals surface area (Å²) in [5, 5.41) is 8.53. The smallest absolute Gasteiger partial charge is 0.267 e. The molecule has 7 nitrogen and oxygen atoms in total. The highest BCUT2D eigenvalue weighted by Crippen LogP contribution is 2.26. The van der Waals surface area contributed by atoms with E-state index >= 15 is 0 Å². The van der Waals surface area contributed by atoms with E-state index in [0.717, 1.165) is 22.5 Å². The Morgan fingerprint density at radius 3 is 2.69 bits per heavy atom. The fourth-order valence-corrected chi connectivity index (χ4v) is 4.92. The van der Waals surface area contributed by atoms with Gasteiger partial charge >= 0.3 is 0 Å². The molecule has 1 aromatic heterocycles. The minimum Gasteiger partial charge on any atom is -0.267 e. The van der Waals surface area contributed by atoms with Crippen LogP contribution >= 0.6 is 0 Å². The van der Waals surface area contributed by atoms with Crippen LogP contribution in [-0.4, -0.2) is 41.8 Å². The molecule has 1 aliphatic rings. The van der Waals surface area contributed by atoms with Gasteiger partial charge in [-0.05, 0) is 38.8 Å². The SMILES string of the molecule is Cc1ccccc1C(=O)N/N=C\c1c(C)nn([C@@H]2CCS(=O)(=O)C2)c1C. The van der Waals surface area contributed by atoms with E-state index in [1.165, 1.54) is 0 Å². The van der Waals surface area contributed by atoms with Crippen molar-refractivity contribution in [3.05, 3.63) is 52.3 Å². The average Bonchev–Trinajstić information content (AvgIpc) is 3.08. The van der Waals surface area contributed by atoms with Gasteiger partial charge in [0.25, 0.3) is 5.91 Å². The second-order valence-corrected chi connectivity index (χ2v) is 8.83. The number of sulfone groups is 1. The lowest BCUT2D eigenvalue weighted by atomic mass is 10.1. The minimum absolute atomic E-state index is 0.121. The van der Waals surface area contributed by atoms with Crippen LogP contribution in [0.3, 0.4) is 0 Å². The van der Waals surface area contributed by atoms with Crippen molar-refractivity contribution in [1.29, 1.82) is 0 Å². The molecule has 2 heterocycles. The highest BCUT2D eigenvalue weighted by molar-refractivity contribution is 7.91. The van der Waals surface area contributed by atoms with Crippen molar-refractivity contribution >= 4 is 22.0 Å². The number of nitrogens with zero attached hydrogens (tertiary/aromatic N) is 3. The van der Waals surface area contributed by atoms with E-state index in [1.807, 2.05) is 32.9 Å². The molecule has 3 rings (SSSR count). The molecule has 0 spiro atoms. The first-order valence-electron chi connectivity index (χ1n) is 8.43. The quantitative estimate of drug-likeness (QED) is 0.654. The van der Waals surface area contributed by atoms with Gasteiger partial charge in [0.05, 0.1) is 29.5 Å². The Morgan fingerprint density at radius 2 is 2.04 bits per heavy atom. The first-order valence-corrected chi connectivity index (χ1v) is 10.3. The Hall–Kier alpha value is -2.48. The van der Waals surface area contributed by atoms with Crippen molar-refractivity contribution in [2.45, 2.75) is 33.2 Å². The molecule has 1 aliphatic heterocycles. The molecule has 0 radical (unpaired) electrons. The molecule has 1 N–H and O–H groups in total. The zero-order valence-electron chi connectivity index (χ0n) is 15.1. The maximum atomic E-state index is 12.2. The van der Waals surface area contributed by atoms with Crippen molar-refractivity contribution in [3.8, 4) is 0 Å². The Balaban J connectivity index is 1.75. The predicted molar refractivity (Wildman–Crippen MR) is 100 cm³/mol. The van der Waals surface area contributed by atoms with Gasteiger partial charge in [-0.3, -0.25) is 9.48 Å². The van der Waals surface area contributed by atoms with Gasteiger partial charge in [-0.1, -0.05) is 18.2 Å². The molecule has 138 valence electrons. The number of hydrogen-bond acceptors (Lipinski definition) is 5. The molecule has 1 amide bonds. The van der Waals surface area contributed by atoms with E-state index < -0.39 is 9.84 Å². The largest absolute Gasteiger partial charge is 0.271 e. The van der Waals surface area contributed by atoms with Crippen LogP contribution in [0.4, 0.5) is 0 Å². The summed E-state index contributed by atoms with van der Waals surface area (Å²) in [4.78, 5) is 12.2. The number of hydrogen-bond donors (Lipinski definition) is 1. The minimum atomic E-state index is -2.98. The monoisotopic (exact) mass is 374 g/mol. The number of benzene rings is 1. The summed E-state index contributed by atoms with van der Waals surface area (Å²) < 4.78 is 25.2. The van der Waals surface area contributed by atoms with Gasteiger partial charge in [-0.2, -0.15) is 10.2 Å². The molecular weight excluding hydrogens is 352 g/mol. The fraction of sp³-hybridized carbons (Fsp3) is 0.389. The van der Waals surface area contributed by atoms with E-state index in [4.69, 9.17) is 0 Å². The van der Waals surface area contributed by atoms with Gasteiger partial charge in [0.15, 0.2) is 9.84 Å². The van der Waals surface area contributed by atoms with Crippen LogP contribution in [0, 0.1) is 20.8 Å². The molecule has 1 atom stereocenters. The summed E-state index contributed by atoms with van der Waals surface area (Å²) in [6, 6.07) is 7.16. The van der Waals surface area contributed by atoms with Crippen molar-refractivity contribution in [2.75, 3.05) is 11.5 Å². The summed E-state index contributed by atoms with van der Waals surface area (Å²) in [6.07, 6.45) is 2.14. The van der Waals surface area contributed by atoms with Crippen molar-refractivity contribution in [2.24, 2.45) is 5.10 Å². The van der Waals surface area contributed by atoms with Gasteiger partial charge in [0.1, 0.15) is 0 Å². The Kier molecular flexibility index (Phi) is 4.95. The summed E-state index contributed by atoms with van der Waals surface area (Å²) in [5.74, 6) is 0.0468. The molecule has 0 unspecified atom stereocenters. The van der Waals surface area contributed by atoms with Crippen molar-refractivity contribution < 1.29 is 13.2 Å². The zero-order valence-corrected chi connectivity index (χ0v) is 15.9. The van der Waals surface area contributed by atoms with Crippen LogP contribution in [0.2, 0.25) is 0 Å². The summed E-state index contributed by atoms with van der Waals surface area (Å²) in [6.45, 7) is 5.60. The average molecular weight is 374 g/mol. The summed E-state index contributed by atoms with van der Waals surface area (Å²) >= 11 is 0. The van der Waals surface area contributed by atoms with Gasteiger partial charge in [0, 0.05) is 16.8 Å². The molecule has 0 aliphatic carbocycles. The Bertz CT molecular complexity index is 976. The van der Waals surface area contributed by atoms with E-state index in [2.05, 4.69) is 15.6 Å². The third kappa shape index (κ3) is 3.70. The normalized spacial score (nSPS) is 19.1. The van der Waals surface area contributed by atoms with Crippen molar-refractivity contribution in [3.63, 3.8) is 0 Å². The number of carbonyl (C=O) groups is 1. The van der Waals surface area contributed by atoms with Crippen LogP contribution in [-0.2, 0) is 9.84 Å². The highest BCUT2D eigenvalue weighted by Gasteiger charge is 2.31. The van der Waals surface area contributed by atoms with Crippen LogP contribution in [0.25, 0.3) is 0 Å². The van der Waals surface area contributed by atoms with Crippen molar-refractivity contribution in [1.82, 2.24) is 15.2 Å². The number of amides is 1. The first-order chi connectivity index (χ1) is 12.3. The van der Waals surface area contributed by atoms with E-state index in [9.17, 15) is 13.2 Å². The molecule has 0 saturated carbocycles. The standard InChI is InChI=1S/C18H22N4O3S/c1-12-6-4-5-7-16(12)18(23)20-19-10-17-13(2)21-22(14(17)3)15-8-9-26(24,25)11-15/h4-7,10,15H,8-9,11H2,1-3H3,(H,20,23)/b19-10-/t15-/m1/s1.